The Balaban J connectivity index is 1.38. The molecule has 0 atom stereocenters. The molecule has 5 rings (SSSR count). The molecule has 0 amide bonds. The van der Waals surface area contributed by atoms with Crippen molar-refractivity contribution in [3.8, 4) is 0 Å². The van der Waals surface area contributed by atoms with Gasteiger partial charge in [0.05, 0.1) is 23.1 Å². The first-order chi connectivity index (χ1) is 14.7. The molecule has 154 valence electrons. The van der Waals surface area contributed by atoms with Crippen LogP contribution in [-0.2, 0) is 26.1 Å². The van der Waals surface area contributed by atoms with E-state index in [0.29, 0.717) is 18.1 Å². The number of anilines is 2. The maximum absolute atomic E-state index is 13.5. The molecule has 7 heteroatoms. The highest BCUT2D eigenvalue weighted by atomic mass is 19.1. The normalized spacial score (nSPS) is 14.2. The largest absolute Gasteiger partial charge is 0.359 e. The van der Waals surface area contributed by atoms with Crippen molar-refractivity contribution in [1.82, 2.24) is 19.6 Å². The van der Waals surface area contributed by atoms with E-state index < -0.39 is 0 Å². The van der Waals surface area contributed by atoms with Crippen LogP contribution in [0.25, 0.3) is 11.0 Å². The number of hydrogen-bond acceptors (Lipinski definition) is 5. The first-order valence-electron chi connectivity index (χ1n) is 10.4. The van der Waals surface area contributed by atoms with Crippen molar-refractivity contribution in [1.29, 1.82) is 0 Å². The Morgan fingerprint density at radius 1 is 1.17 bits per heavy atom. The summed E-state index contributed by atoms with van der Waals surface area (Å²) in [5, 5.41) is 7.39. The predicted octanol–water partition coefficient (Wildman–Crippen LogP) is 4.88. The number of benzene rings is 2. The SMILES string of the molecule is CCCn1c(CN2CCc3onc(Nc4cccc(F)c4)c3C2)nc2ccccc21. The summed E-state index contributed by atoms with van der Waals surface area (Å²) >= 11 is 0. The van der Waals surface area contributed by atoms with Crippen molar-refractivity contribution in [2.75, 3.05) is 11.9 Å². The number of halogens is 1. The fourth-order valence-electron chi connectivity index (χ4n) is 4.12. The Bertz CT molecular complexity index is 1180. The molecule has 0 fully saturated rings. The molecule has 6 nitrogen and oxygen atoms in total. The van der Waals surface area contributed by atoms with Crippen molar-refractivity contribution in [2.24, 2.45) is 0 Å². The van der Waals surface area contributed by atoms with E-state index in [2.05, 4.69) is 45.1 Å². The minimum absolute atomic E-state index is 0.284. The molecule has 0 bridgehead atoms. The van der Waals surface area contributed by atoms with Gasteiger partial charge in [-0.05, 0) is 36.8 Å². The van der Waals surface area contributed by atoms with E-state index in [1.165, 1.54) is 17.6 Å². The second kappa shape index (κ2) is 7.91. The van der Waals surface area contributed by atoms with Gasteiger partial charge in [0, 0.05) is 31.7 Å². The number of para-hydroxylation sites is 2. The smallest absolute Gasteiger partial charge is 0.178 e. The van der Waals surface area contributed by atoms with Crippen LogP contribution in [0.4, 0.5) is 15.9 Å². The molecule has 1 aliphatic heterocycles. The first-order valence-corrected chi connectivity index (χ1v) is 10.4. The van der Waals surface area contributed by atoms with Crippen LogP contribution >= 0.6 is 0 Å². The molecule has 30 heavy (non-hydrogen) atoms. The van der Waals surface area contributed by atoms with Gasteiger partial charge in [0.25, 0.3) is 0 Å². The van der Waals surface area contributed by atoms with Gasteiger partial charge in [-0.3, -0.25) is 4.90 Å². The van der Waals surface area contributed by atoms with Gasteiger partial charge in [-0.25, -0.2) is 9.37 Å². The quantitative estimate of drug-likeness (QED) is 0.496. The molecule has 0 saturated carbocycles. The van der Waals surface area contributed by atoms with Crippen molar-refractivity contribution in [3.05, 3.63) is 71.5 Å². The fraction of sp³-hybridized carbons (Fsp3) is 0.304. The van der Waals surface area contributed by atoms with Crippen LogP contribution in [0.2, 0.25) is 0 Å². The third-order valence-electron chi connectivity index (χ3n) is 5.54. The summed E-state index contributed by atoms with van der Waals surface area (Å²) in [7, 11) is 0. The van der Waals surface area contributed by atoms with E-state index in [9.17, 15) is 4.39 Å². The minimum atomic E-state index is -0.284. The summed E-state index contributed by atoms with van der Waals surface area (Å²) in [5.41, 5.74) is 3.92. The van der Waals surface area contributed by atoms with E-state index in [1.54, 1.807) is 6.07 Å². The van der Waals surface area contributed by atoms with Crippen LogP contribution in [0.15, 0.2) is 53.1 Å². The number of fused-ring (bicyclic) bond motifs is 2. The second-order valence-electron chi connectivity index (χ2n) is 7.70. The molecule has 4 aromatic rings. The van der Waals surface area contributed by atoms with Gasteiger partial charge in [-0.15, -0.1) is 0 Å². The second-order valence-corrected chi connectivity index (χ2v) is 7.70. The Morgan fingerprint density at radius 3 is 2.93 bits per heavy atom. The van der Waals surface area contributed by atoms with Gasteiger partial charge in [0.2, 0.25) is 0 Å². The van der Waals surface area contributed by atoms with Crippen LogP contribution < -0.4 is 5.32 Å². The third-order valence-corrected chi connectivity index (χ3v) is 5.54. The maximum Gasteiger partial charge on any atom is 0.178 e. The van der Waals surface area contributed by atoms with Crippen molar-refractivity contribution < 1.29 is 8.91 Å². The van der Waals surface area contributed by atoms with Gasteiger partial charge >= 0.3 is 0 Å². The zero-order chi connectivity index (χ0) is 20.5. The molecule has 1 aliphatic rings. The van der Waals surface area contributed by atoms with Gasteiger partial charge < -0.3 is 14.4 Å². The van der Waals surface area contributed by atoms with Crippen LogP contribution in [0.5, 0.6) is 0 Å². The molecule has 2 aromatic heterocycles. The van der Waals surface area contributed by atoms with Crippen LogP contribution in [0.3, 0.4) is 0 Å². The monoisotopic (exact) mass is 405 g/mol. The minimum Gasteiger partial charge on any atom is -0.359 e. The summed E-state index contributed by atoms with van der Waals surface area (Å²) in [5.74, 6) is 2.35. The van der Waals surface area contributed by atoms with Gasteiger partial charge in [-0.1, -0.05) is 30.3 Å². The highest BCUT2D eigenvalue weighted by Gasteiger charge is 2.25. The summed E-state index contributed by atoms with van der Waals surface area (Å²) in [4.78, 5) is 7.26. The lowest BCUT2D eigenvalue weighted by Gasteiger charge is -2.26. The lowest BCUT2D eigenvalue weighted by molar-refractivity contribution is 0.221. The van der Waals surface area contributed by atoms with Crippen molar-refractivity contribution in [2.45, 2.75) is 39.4 Å². The molecule has 0 spiro atoms. The van der Waals surface area contributed by atoms with Crippen molar-refractivity contribution in [3.63, 3.8) is 0 Å². The molecule has 0 unspecified atom stereocenters. The average molecular weight is 405 g/mol. The molecule has 0 saturated heterocycles. The predicted molar refractivity (Wildman–Crippen MR) is 114 cm³/mol. The highest BCUT2D eigenvalue weighted by molar-refractivity contribution is 5.75. The van der Waals surface area contributed by atoms with Gasteiger partial charge in [0.1, 0.15) is 17.4 Å². The number of hydrogen-bond donors (Lipinski definition) is 1. The molecule has 3 heterocycles. The summed E-state index contributed by atoms with van der Waals surface area (Å²) in [6.45, 7) is 5.50. The molecule has 0 aliphatic carbocycles. The number of nitrogens with zero attached hydrogens (tertiary/aromatic N) is 4. The zero-order valence-corrected chi connectivity index (χ0v) is 16.9. The molecule has 1 N–H and O–H groups in total. The van der Waals surface area contributed by atoms with Crippen LogP contribution in [-0.4, -0.2) is 26.2 Å². The Hall–Kier alpha value is -3.19. The lowest BCUT2D eigenvalue weighted by Crippen LogP contribution is -2.31. The van der Waals surface area contributed by atoms with E-state index in [0.717, 1.165) is 55.1 Å². The fourth-order valence-corrected chi connectivity index (χ4v) is 4.12. The third kappa shape index (κ3) is 3.57. The van der Waals surface area contributed by atoms with Crippen molar-refractivity contribution >= 4 is 22.5 Å². The number of rotatable bonds is 6. The number of nitrogens with one attached hydrogen (secondary N) is 1. The summed E-state index contributed by atoms with van der Waals surface area (Å²) < 4.78 is 21.4. The topological polar surface area (TPSA) is 59.1 Å². The highest BCUT2D eigenvalue weighted by Crippen LogP contribution is 2.29. The standard InChI is InChI=1S/C23H24FN5O/c1-2-11-29-20-9-4-3-8-19(20)26-22(29)15-28-12-10-21-18(14-28)23(27-30-21)25-17-7-5-6-16(24)13-17/h3-9,13H,2,10-12,14-15H2,1H3,(H,25,27). The van der Waals surface area contributed by atoms with E-state index >= 15 is 0 Å². The van der Waals surface area contributed by atoms with E-state index in [1.807, 2.05) is 12.1 Å². The van der Waals surface area contributed by atoms with Gasteiger partial charge in [0.15, 0.2) is 5.82 Å². The first kappa shape index (κ1) is 18.8. The number of aromatic nitrogens is 3. The van der Waals surface area contributed by atoms with Gasteiger partial charge in [-0.2, -0.15) is 0 Å². The Morgan fingerprint density at radius 2 is 2.07 bits per heavy atom. The zero-order valence-electron chi connectivity index (χ0n) is 16.9. The van der Waals surface area contributed by atoms with Crippen LogP contribution in [0, 0.1) is 5.82 Å². The Kier molecular flexibility index (Phi) is 4.96. The Labute approximate surface area is 174 Å². The average Bonchev–Trinajstić information content (AvgIpc) is 3.30. The molecular weight excluding hydrogens is 381 g/mol. The molecule has 2 aromatic carbocycles. The van der Waals surface area contributed by atoms with Crippen LogP contribution in [0.1, 0.15) is 30.5 Å². The van der Waals surface area contributed by atoms with E-state index in [4.69, 9.17) is 9.51 Å². The maximum atomic E-state index is 13.5. The number of imidazole rings is 1. The van der Waals surface area contributed by atoms with E-state index in [-0.39, 0.29) is 5.82 Å². The summed E-state index contributed by atoms with van der Waals surface area (Å²) in [6, 6.07) is 14.7. The molecular formula is C23H24FN5O. The summed E-state index contributed by atoms with van der Waals surface area (Å²) in [6.07, 6.45) is 1.85. The number of aryl methyl sites for hydroxylation is 1. The molecule has 0 radical (unpaired) electrons. The lowest BCUT2D eigenvalue weighted by atomic mass is 10.1.